The molecule has 1 rings (SSSR count). The SMILES string of the molecule is CC(O)COC(=O)c1ccc(N)cc1N. The molecule has 0 spiro atoms. The Labute approximate surface area is 87.6 Å². The van der Waals surface area contributed by atoms with Gasteiger partial charge in [-0.1, -0.05) is 0 Å². The van der Waals surface area contributed by atoms with Crippen LogP contribution in [0.4, 0.5) is 11.4 Å². The van der Waals surface area contributed by atoms with E-state index in [1.807, 2.05) is 0 Å². The summed E-state index contributed by atoms with van der Waals surface area (Å²) >= 11 is 0. The van der Waals surface area contributed by atoms with Gasteiger partial charge in [0.25, 0.3) is 0 Å². The number of hydrogen-bond donors (Lipinski definition) is 3. The molecule has 1 aromatic rings. The third kappa shape index (κ3) is 3.14. The molecule has 0 aliphatic heterocycles. The highest BCUT2D eigenvalue weighted by Crippen LogP contribution is 2.16. The Morgan fingerprint density at radius 2 is 2.20 bits per heavy atom. The van der Waals surface area contributed by atoms with Crippen LogP contribution in [-0.2, 0) is 4.74 Å². The highest BCUT2D eigenvalue weighted by Gasteiger charge is 2.11. The normalized spacial score (nSPS) is 12.1. The summed E-state index contributed by atoms with van der Waals surface area (Å²) in [6, 6.07) is 4.54. The number of nitrogen functional groups attached to an aromatic ring is 2. The van der Waals surface area contributed by atoms with Crippen molar-refractivity contribution in [1.82, 2.24) is 0 Å². The smallest absolute Gasteiger partial charge is 0.340 e. The highest BCUT2D eigenvalue weighted by molar-refractivity contribution is 5.95. The predicted octanol–water partition coefficient (Wildman–Crippen LogP) is 0.389. The fraction of sp³-hybridized carbons (Fsp3) is 0.300. The Balaban J connectivity index is 2.74. The van der Waals surface area contributed by atoms with E-state index in [1.54, 1.807) is 6.07 Å². The van der Waals surface area contributed by atoms with Gasteiger partial charge in [-0.2, -0.15) is 0 Å². The van der Waals surface area contributed by atoms with Crippen molar-refractivity contribution in [3.63, 3.8) is 0 Å². The lowest BCUT2D eigenvalue weighted by atomic mass is 10.1. The zero-order valence-corrected chi connectivity index (χ0v) is 8.43. The summed E-state index contributed by atoms with van der Waals surface area (Å²) < 4.78 is 4.80. The first-order valence-corrected chi connectivity index (χ1v) is 4.51. The number of aliphatic hydroxyl groups excluding tert-OH is 1. The average molecular weight is 210 g/mol. The van der Waals surface area contributed by atoms with E-state index < -0.39 is 12.1 Å². The van der Waals surface area contributed by atoms with Crippen molar-refractivity contribution in [3.05, 3.63) is 23.8 Å². The van der Waals surface area contributed by atoms with Crippen LogP contribution in [0.1, 0.15) is 17.3 Å². The zero-order valence-electron chi connectivity index (χ0n) is 8.43. The molecule has 82 valence electrons. The minimum atomic E-state index is -0.691. The van der Waals surface area contributed by atoms with Crippen molar-refractivity contribution in [2.45, 2.75) is 13.0 Å². The van der Waals surface area contributed by atoms with Crippen LogP contribution in [0, 0.1) is 0 Å². The molecule has 0 aromatic heterocycles. The average Bonchev–Trinajstić information content (AvgIpc) is 2.14. The second-order valence-corrected chi connectivity index (χ2v) is 3.29. The molecule has 0 aliphatic carbocycles. The fourth-order valence-corrected chi connectivity index (χ4v) is 1.04. The van der Waals surface area contributed by atoms with Gasteiger partial charge in [-0.15, -0.1) is 0 Å². The molecule has 0 bridgehead atoms. The Morgan fingerprint density at radius 1 is 1.53 bits per heavy atom. The number of esters is 1. The lowest BCUT2D eigenvalue weighted by Crippen LogP contribution is -2.16. The second-order valence-electron chi connectivity index (χ2n) is 3.29. The first-order chi connectivity index (χ1) is 7.00. The molecular formula is C10H14N2O3. The summed E-state index contributed by atoms with van der Waals surface area (Å²) in [6.45, 7) is 1.47. The quantitative estimate of drug-likeness (QED) is 0.495. The number of ether oxygens (including phenoxy) is 1. The van der Waals surface area contributed by atoms with E-state index in [9.17, 15) is 4.79 Å². The van der Waals surface area contributed by atoms with Crippen LogP contribution in [0.5, 0.6) is 0 Å². The minimum absolute atomic E-state index is 0.0529. The number of carbonyl (C=O) groups is 1. The number of carbonyl (C=O) groups excluding carboxylic acids is 1. The van der Waals surface area contributed by atoms with Crippen molar-refractivity contribution in [3.8, 4) is 0 Å². The van der Waals surface area contributed by atoms with E-state index in [-0.39, 0.29) is 17.9 Å². The van der Waals surface area contributed by atoms with E-state index in [2.05, 4.69) is 0 Å². The molecule has 0 amide bonds. The van der Waals surface area contributed by atoms with Gasteiger partial charge in [-0.3, -0.25) is 0 Å². The van der Waals surface area contributed by atoms with Crippen LogP contribution in [0.25, 0.3) is 0 Å². The number of hydrogen-bond acceptors (Lipinski definition) is 5. The molecule has 0 aliphatic rings. The Kier molecular flexibility index (Phi) is 3.51. The van der Waals surface area contributed by atoms with E-state index in [0.717, 1.165) is 0 Å². The van der Waals surface area contributed by atoms with Crippen LogP contribution in [-0.4, -0.2) is 23.8 Å². The maximum atomic E-state index is 11.4. The van der Waals surface area contributed by atoms with Gasteiger partial charge in [0, 0.05) is 11.4 Å². The number of aliphatic hydroxyl groups is 1. The van der Waals surface area contributed by atoms with Gasteiger partial charge < -0.3 is 21.3 Å². The summed E-state index contributed by atoms with van der Waals surface area (Å²) in [4.78, 5) is 11.4. The highest BCUT2D eigenvalue weighted by atomic mass is 16.5. The summed E-state index contributed by atoms with van der Waals surface area (Å²) in [6.07, 6.45) is -0.691. The number of benzene rings is 1. The van der Waals surface area contributed by atoms with Gasteiger partial charge in [-0.25, -0.2) is 4.79 Å². The van der Waals surface area contributed by atoms with Gasteiger partial charge in [0.1, 0.15) is 6.61 Å². The standard InChI is InChI=1S/C10H14N2O3/c1-6(13)5-15-10(14)8-3-2-7(11)4-9(8)12/h2-4,6,13H,5,11-12H2,1H3. The summed E-state index contributed by atoms with van der Waals surface area (Å²) in [5.41, 5.74) is 12.1. The van der Waals surface area contributed by atoms with Crippen molar-refractivity contribution in [2.75, 3.05) is 18.1 Å². The molecular weight excluding hydrogens is 196 g/mol. The summed E-state index contributed by atoms with van der Waals surface area (Å²) in [5, 5.41) is 8.93. The molecule has 0 radical (unpaired) electrons. The third-order valence-corrected chi connectivity index (χ3v) is 1.75. The Morgan fingerprint density at radius 3 is 2.73 bits per heavy atom. The molecule has 5 heteroatoms. The maximum Gasteiger partial charge on any atom is 0.340 e. The zero-order chi connectivity index (χ0) is 11.4. The van der Waals surface area contributed by atoms with Crippen molar-refractivity contribution in [2.24, 2.45) is 0 Å². The Bertz CT molecular complexity index is 364. The maximum absolute atomic E-state index is 11.4. The predicted molar refractivity (Wildman–Crippen MR) is 57.2 cm³/mol. The van der Waals surface area contributed by atoms with Crippen LogP contribution in [0.2, 0.25) is 0 Å². The summed E-state index contributed by atoms with van der Waals surface area (Å²) in [5.74, 6) is -0.562. The molecule has 5 nitrogen and oxygen atoms in total. The van der Waals surface area contributed by atoms with Crippen LogP contribution in [0.15, 0.2) is 18.2 Å². The molecule has 1 unspecified atom stereocenters. The molecule has 15 heavy (non-hydrogen) atoms. The van der Waals surface area contributed by atoms with Crippen LogP contribution >= 0.6 is 0 Å². The number of anilines is 2. The van der Waals surface area contributed by atoms with E-state index in [1.165, 1.54) is 19.1 Å². The molecule has 5 N–H and O–H groups in total. The van der Waals surface area contributed by atoms with Gasteiger partial charge in [-0.05, 0) is 25.1 Å². The first kappa shape index (κ1) is 11.3. The van der Waals surface area contributed by atoms with Gasteiger partial charge in [0.15, 0.2) is 0 Å². The topological polar surface area (TPSA) is 98.6 Å². The molecule has 0 heterocycles. The van der Waals surface area contributed by atoms with Crippen molar-refractivity contribution in [1.29, 1.82) is 0 Å². The van der Waals surface area contributed by atoms with E-state index >= 15 is 0 Å². The second kappa shape index (κ2) is 4.65. The van der Waals surface area contributed by atoms with Crippen LogP contribution < -0.4 is 11.5 Å². The fourth-order valence-electron chi connectivity index (χ4n) is 1.04. The van der Waals surface area contributed by atoms with Crippen molar-refractivity contribution < 1.29 is 14.6 Å². The van der Waals surface area contributed by atoms with Gasteiger partial charge in [0.05, 0.1) is 11.7 Å². The first-order valence-electron chi connectivity index (χ1n) is 4.51. The number of rotatable bonds is 3. The van der Waals surface area contributed by atoms with Gasteiger partial charge >= 0.3 is 5.97 Å². The lowest BCUT2D eigenvalue weighted by molar-refractivity contribution is 0.0297. The molecule has 1 aromatic carbocycles. The number of nitrogens with two attached hydrogens (primary N) is 2. The van der Waals surface area contributed by atoms with Crippen molar-refractivity contribution >= 4 is 17.3 Å². The largest absolute Gasteiger partial charge is 0.459 e. The van der Waals surface area contributed by atoms with Gasteiger partial charge in [0.2, 0.25) is 0 Å². The molecule has 0 saturated heterocycles. The third-order valence-electron chi connectivity index (χ3n) is 1.75. The summed E-state index contributed by atoms with van der Waals surface area (Å²) in [7, 11) is 0. The Hall–Kier alpha value is -1.75. The molecule has 0 saturated carbocycles. The van der Waals surface area contributed by atoms with Crippen LogP contribution in [0.3, 0.4) is 0 Å². The minimum Gasteiger partial charge on any atom is -0.459 e. The lowest BCUT2D eigenvalue weighted by Gasteiger charge is -2.08. The van der Waals surface area contributed by atoms with E-state index in [0.29, 0.717) is 5.69 Å². The monoisotopic (exact) mass is 210 g/mol. The molecule has 0 fully saturated rings. The van der Waals surface area contributed by atoms with E-state index in [4.69, 9.17) is 21.3 Å². The molecule has 1 atom stereocenters.